The lowest BCUT2D eigenvalue weighted by atomic mass is 9.92. The summed E-state index contributed by atoms with van der Waals surface area (Å²) in [4.78, 5) is 5.18. The van der Waals surface area contributed by atoms with Crippen LogP contribution in [0.5, 0.6) is 0 Å². The van der Waals surface area contributed by atoms with Crippen molar-refractivity contribution in [3.63, 3.8) is 0 Å². The average Bonchev–Trinajstić information content (AvgIpc) is 2.88. The molecule has 17 heavy (non-hydrogen) atoms. The molecule has 100 valence electrons. The first-order valence-corrected chi connectivity index (χ1v) is 8.10. The van der Waals surface area contributed by atoms with Gasteiger partial charge in [0.15, 0.2) is 0 Å². The minimum atomic E-state index is 0.295. The van der Waals surface area contributed by atoms with Crippen molar-refractivity contribution in [2.75, 3.05) is 44.7 Å². The van der Waals surface area contributed by atoms with Crippen LogP contribution in [0, 0.1) is 0 Å². The fraction of sp³-hybridized carbons (Fsp3) is 1.00. The standard InChI is InChI=1S/C13H27N3S/c1-3-16-7-4-12(5-8-16)15(2)13(10-14)6-9-17-11-13/h12H,3-11,14H2,1-2H3. The molecule has 4 heteroatoms. The minimum Gasteiger partial charge on any atom is -0.329 e. The van der Waals surface area contributed by atoms with Gasteiger partial charge in [0, 0.05) is 23.9 Å². The second-order valence-electron chi connectivity index (χ2n) is 5.51. The largest absolute Gasteiger partial charge is 0.329 e. The topological polar surface area (TPSA) is 32.5 Å². The van der Waals surface area contributed by atoms with Crippen LogP contribution in [-0.2, 0) is 0 Å². The van der Waals surface area contributed by atoms with Crippen LogP contribution in [0.25, 0.3) is 0 Å². The van der Waals surface area contributed by atoms with Crippen molar-refractivity contribution in [2.24, 2.45) is 5.73 Å². The predicted molar refractivity (Wildman–Crippen MR) is 76.6 cm³/mol. The molecule has 2 aliphatic rings. The Labute approximate surface area is 110 Å². The fourth-order valence-corrected chi connectivity index (χ4v) is 4.70. The Morgan fingerprint density at radius 2 is 2.12 bits per heavy atom. The quantitative estimate of drug-likeness (QED) is 0.821. The van der Waals surface area contributed by atoms with E-state index in [-0.39, 0.29) is 0 Å². The van der Waals surface area contributed by atoms with Gasteiger partial charge in [-0.25, -0.2) is 0 Å². The molecule has 2 N–H and O–H groups in total. The van der Waals surface area contributed by atoms with Gasteiger partial charge in [0.1, 0.15) is 0 Å². The zero-order valence-corrected chi connectivity index (χ0v) is 12.1. The van der Waals surface area contributed by atoms with E-state index in [0.29, 0.717) is 5.54 Å². The molecule has 0 bridgehead atoms. The average molecular weight is 257 g/mol. The Bertz CT molecular complexity index is 233. The molecule has 2 aliphatic heterocycles. The van der Waals surface area contributed by atoms with E-state index in [1.807, 2.05) is 0 Å². The van der Waals surface area contributed by atoms with Gasteiger partial charge in [-0.2, -0.15) is 11.8 Å². The molecular formula is C13H27N3S. The smallest absolute Gasteiger partial charge is 0.0429 e. The first-order chi connectivity index (χ1) is 8.22. The molecule has 2 saturated heterocycles. The van der Waals surface area contributed by atoms with Crippen molar-refractivity contribution in [2.45, 2.75) is 37.8 Å². The third-order valence-electron chi connectivity index (χ3n) is 4.76. The lowest BCUT2D eigenvalue weighted by Gasteiger charge is -2.45. The molecule has 0 aromatic carbocycles. The third-order valence-corrected chi connectivity index (χ3v) is 6.00. The molecule has 3 nitrogen and oxygen atoms in total. The van der Waals surface area contributed by atoms with Crippen molar-refractivity contribution in [3.8, 4) is 0 Å². The highest BCUT2D eigenvalue weighted by molar-refractivity contribution is 7.99. The zero-order valence-electron chi connectivity index (χ0n) is 11.3. The van der Waals surface area contributed by atoms with Crippen LogP contribution >= 0.6 is 11.8 Å². The van der Waals surface area contributed by atoms with Crippen molar-refractivity contribution >= 4 is 11.8 Å². The van der Waals surface area contributed by atoms with Crippen molar-refractivity contribution in [1.29, 1.82) is 0 Å². The Balaban J connectivity index is 1.93. The van der Waals surface area contributed by atoms with Gasteiger partial charge in [-0.05, 0) is 51.7 Å². The minimum absolute atomic E-state index is 0.295. The molecule has 0 radical (unpaired) electrons. The number of likely N-dealkylation sites (N-methyl/N-ethyl adjacent to an activating group) is 1. The number of hydrogen-bond acceptors (Lipinski definition) is 4. The van der Waals surface area contributed by atoms with Crippen LogP contribution in [0.1, 0.15) is 26.2 Å². The first-order valence-electron chi connectivity index (χ1n) is 6.95. The van der Waals surface area contributed by atoms with Crippen LogP contribution in [-0.4, -0.2) is 66.1 Å². The highest BCUT2D eigenvalue weighted by Gasteiger charge is 2.40. The van der Waals surface area contributed by atoms with Crippen LogP contribution in [0.3, 0.4) is 0 Å². The summed E-state index contributed by atoms with van der Waals surface area (Å²) < 4.78 is 0. The fourth-order valence-electron chi connectivity index (χ4n) is 3.19. The zero-order chi connectivity index (χ0) is 12.3. The number of likely N-dealkylation sites (tertiary alicyclic amines) is 1. The first kappa shape index (κ1) is 13.7. The normalized spacial score (nSPS) is 32.5. The van der Waals surface area contributed by atoms with Crippen LogP contribution < -0.4 is 5.73 Å². The van der Waals surface area contributed by atoms with E-state index in [4.69, 9.17) is 5.73 Å². The van der Waals surface area contributed by atoms with E-state index in [1.54, 1.807) is 0 Å². The molecule has 0 spiro atoms. The van der Waals surface area contributed by atoms with Crippen LogP contribution in [0.4, 0.5) is 0 Å². The van der Waals surface area contributed by atoms with E-state index >= 15 is 0 Å². The monoisotopic (exact) mass is 257 g/mol. The van der Waals surface area contributed by atoms with Gasteiger partial charge in [-0.1, -0.05) is 6.92 Å². The Kier molecular flexibility index (Phi) is 4.75. The maximum absolute atomic E-state index is 6.06. The summed E-state index contributed by atoms with van der Waals surface area (Å²) in [6.45, 7) is 6.82. The van der Waals surface area contributed by atoms with E-state index in [2.05, 4.69) is 35.5 Å². The molecule has 0 amide bonds. The molecule has 0 saturated carbocycles. The second-order valence-corrected chi connectivity index (χ2v) is 6.61. The number of nitrogens with zero attached hydrogens (tertiary/aromatic N) is 2. The maximum Gasteiger partial charge on any atom is 0.0429 e. The van der Waals surface area contributed by atoms with Crippen molar-refractivity contribution in [1.82, 2.24) is 9.80 Å². The predicted octanol–water partition coefficient (Wildman–Crippen LogP) is 1.24. The molecule has 1 atom stereocenters. The van der Waals surface area contributed by atoms with E-state index < -0.39 is 0 Å². The lowest BCUT2D eigenvalue weighted by Crippen LogP contribution is -2.58. The Morgan fingerprint density at radius 3 is 2.59 bits per heavy atom. The van der Waals surface area contributed by atoms with Gasteiger partial charge < -0.3 is 10.6 Å². The summed E-state index contributed by atoms with van der Waals surface area (Å²) >= 11 is 2.07. The van der Waals surface area contributed by atoms with Gasteiger partial charge in [0.25, 0.3) is 0 Å². The van der Waals surface area contributed by atoms with Crippen molar-refractivity contribution < 1.29 is 0 Å². The number of rotatable bonds is 4. The summed E-state index contributed by atoms with van der Waals surface area (Å²) in [5.41, 5.74) is 6.36. The number of thioether (sulfide) groups is 1. The van der Waals surface area contributed by atoms with Gasteiger partial charge in [-0.15, -0.1) is 0 Å². The molecule has 0 aromatic rings. The molecule has 0 aliphatic carbocycles. The summed E-state index contributed by atoms with van der Waals surface area (Å²) in [5.74, 6) is 2.52. The summed E-state index contributed by atoms with van der Waals surface area (Å²) in [6.07, 6.45) is 3.91. The number of hydrogen-bond donors (Lipinski definition) is 1. The van der Waals surface area contributed by atoms with E-state index in [9.17, 15) is 0 Å². The Morgan fingerprint density at radius 1 is 1.41 bits per heavy atom. The van der Waals surface area contributed by atoms with Gasteiger partial charge >= 0.3 is 0 Å². The van der Waals surface area contributed by atoms with Crippen molar-refractivity contribution in [3.05, 3.63) is 0 Å². The molecule has 2 fully saturated rings. The SMILES string of the molecule is CCN1CCC(N(C)C2(CN)CCSC2)CC1. The van der Waals surface area contributed by atoms with Gasteiger partial charge in [-0.3, -0.25) is 4.90 Å². The van der Waals surface area contributed by atoms with Crippen LogP contribution in [0.2, 0.25) is 0 Å². The van der Waals surface area contributed by atoms with Crippen LogP contribution in [0.15, 0.2) is 0 Å². The van der Waals surface area contributed by atoms with E-state index in [0.717, 1.165) is 12.6 Å². The maximum atomic E-state index is 6.06. The highest BCUT2D eigenvalue weighted by Crippen LogP contribution is 2.34. The van der Waals surface area contributed by atoms with Gasteiger partial charge in [0.2, 0.25) is 0 Å². The summed E-state index contributed by atoms with van der Waals surface area (Å²) in [5, 5.41) is 0. The summed E-state index contributed by atoms with van der Waals surface area (Å²) in [7, 11) is 2.31. The molecule has 0 aromatic heterocycles. The second kappa shape index (κ2) is 5.91. The number of nitrogens with two attached hydrogens (primary N) is 1. The molecular weight excluding hydrogens is 230 g/mol. The number of piperidine rings is 1. The molecule has 2 heterocycles. The van der Waals surface area contributed by atoms with E-state index in [1.165, 1.54) is 50.4 Å². The van der Waals surface area contributed by atoms with Gasteiger partial charge in [0.05, 0.1) is 0 Å². The molecule has 1 unspecified atom stereocenters. The summed E-state index contributed by atoms with van der Waals surface area (Å²) in [6, 6.07) is 0.750. The lowest BCUT2D eigenvalue weighted by molar-refractivity contribution is 0.0542. The highest BCUT2D eigenvalue weighted by atomic mass is 32.2. The molecule has 2 rings (SSSR count). The Hall–Kier alpha value is 0.230. The third kappa shape index (κ3) is 2.80.